The molecule has 1 fully saturated rings. The molecule has 0 spiro atoms. The average molecular weight is 481 g/mol. The second-order valence-electron chi connectivity index (χ2n) is 8.76. The molecule has 0 N–H and O–H groups in total. The molecule has 5 heteroatoms. The number of aromatic nitrogens is 1. The van der Waals surface area contributed by atoms with Crippen LogP contribution in [0.25, 0.3) is 6.08 Å². The molecule has 1 unspecified atom stereocenters. The van der Waals surface area contributed by atoms with Gasteiger partial charge in [-0.25, -0.2) is 0 Å². The van der Waals surface area contributed by atoms with Gasteiger partial charge in [-0.2, -0.15) is 0 Å². The summed E-state index contributed by atoms with van der Waals surface area (Å²) in [5.74, 6) is 0. The van der Waals surface area contributed by atoms with Crippen molar-refractivity contribution in [2.45, 2.75) is 24.1 Å². The number of hydrogen-bond acceptors (Lipinski definition) is 5. The van der Waals surface area contributed by atoms with E-state index in [0.717, 1.165) is 18.7 Å². The summed E-state index contributed by atoms with van der Waals surface area (Å²) in [5.41, 5.74) is 5.12. The Hall–Kier alpha value is -3.41. The van der Waals surface area contributed by atoms with Crippen LogP contribution in [0.4, 0.5) is 0 Å². The van der Waals surface area contributed by atoms with E-state index in [1.165, 1.54) is 34.0 Å². The molecule has 1 aliphatic rings. The molecule has 2 heterocycles. The van der Waals surface area contributed by atoms with Crippen LogP contribution in [0.1, 0.15) is 35.7 Å². The zero-order valence-corrected chi connectivity index (χ0v) is 20.5. The number of thioether (sulfide) groups is 1. The SMILES string of the molecule is CC(=O)SC1CCN(C(c2ccccc2)(c2ccccc2)c2ccccc2)C/C1=C/c1ccon1. The maximum atomic E-state index is 12.1. The van der Waals surface area contributed by atoms with Crippen LogP contribution < -0.4 is 0 Å². The van der Waals surface area contributed by atoms with Gasteiger partial charge in [0.2, 0.25) is 0 Å². The first-order valence-electron chi connectivity index (χ1n) is 11.9. The second-order valence-corrected chi connectivity index (χ2v) is 10.1. The summed E-state index contributed by atoms with van der Waals surface area (Å²) in [6, 6.07) is 34.0. The Morgan fingerprint density at radius 2 is 1.46 bits per heavy atom. The van der Waals surface area contributed by atoms with Crippen molar-refractivity contribution in [2.24, 2.45) is 0 Å². The first kappa shape index (κ1) is 23.3. The molecule has 1 aliphatic heterocycles. The topological polar surface area (TPSA) is 46.3 Å². The molecule has 35 heavy (non-hydrogen) atoms. The van der Waals surface area contributed by atoms with Crippen LogP contribution in [0.5, 0.6) is 0 Å². The van der Waals surface area contributed by atoms with Crippen LogP contribution in [0, 0.1) is 0 Å². The van der Waals surface area contributed by atoms with E-state index in [1.807, 2.05) is 6.07 Å². The van der Waals surface area contributed by atoms with E-state index in [9.17, 15) is 4.79 Å². The first-order chi connectivity index (χ1) is 17.2. The van der Waals surface area contributed by atoms with Gasteiger partial charge in [-0.05, 0) is 34.8 Å². The van der Waals surface area contributed by atoms with Crippen LogP contribution in [0.2, 0.25) is 0 Å². The minimum atomic E-state index is -0.488. The van der Waals surface area contributed by atoms with Crippen molar-refractivity contribution in [2.75, 3.05) is 13.1 Å². The number of likely N-dealkylation sites (tertiary alicyclic amines) is 1. The fourth-order valence-electron chi connectivity index (χ4n) is 5.19. The molecule has 3 aromatic carbocycles. The van der Waals surface area contributed by atoms with Gasteiger partial charge in [-0.15, -0.1) is 0 Å². The average Bonchev–Trinajstić information content (AvgIpc) is 3.41. The van der Waals surface area contributed by atoms with E-state index in [0.29, 0.717) is 6.54 Å². The summed E-state index contributed by atoms with van der Waals surface area (Å²) in [6.45, 7) is 3.20. The third-order valence-electron chi connectivity index (χ3n) is 6.60. The number of carbonyl (C=O) groups excluding carboxylic acids is 1. The molecular weight excluding hydrogens is 452 g/mol. The molecule has 0 radical (unpaired) electrons. The van der Waals surface area contributed by atoms with Gasteiger partial charge in [-0.3, -0.25) is 9.69 Å². The zero-order chi connectivity index (χ0) is 24.1. The molecule has 0 saturated carbocycles. The maximum Gasteiger partial charge on any atom is 0.186 e. The van der Waals surface area contributed by atoms with Crippen molar-refractivity contribution >= 4 is 23.0 Å². The molecule has 0 amide bonds. The summed E-state index contributed by atoms with van der Waals surface area (Å²) in [4.78, 5) is 14.6. The predicted molar refractivity (Wildman–Crippen MR) is 142 cm³/mol. The molecule has 1 atom stereocenters. The lowest BCUT2D eigenvalue weighted by atomic mass is 9.74. The van der Waals surface area contributed by atoms with Gasteiger partial charge >= 0.3 is 0 Å². The quantitative estimate of drug-likeness (QED) is 0.299. The van der Waals surface area contributed by atoms with Crippen LogP contribution in [0.15, 0.2) is 113 Å². The third-order valence-corrected chi connectivity index (χ3v) is 7.75. The summed E-state index contributed by atoms with van der Waals surface area (Å²) in [6.07, 6.45) is 4.53. The summed E-state index contributed by atoms with van der Waals surface area (Å²) in [7, 11) is 0. The molecule has 4 nitrogen and oxygen atoms in total. The maximum absolute atomic E-state index is 12.1. The van der Waals surface area contributed by atoms with Crippen LogP contribution >= 0.6 is 11.8 Å². The number of rotatable bonds is 6. The van der Waals surface area contributed by atoms with Crippen LogP contribution in [-0.2, 0) is 10.3 Å². The Morgan fingerprint density at radius 1 is 0.914 bits per heavy atom. The van der Waals surface area contributed by atoms with Gasteiger partial charge in [0.15, 0.2) is 5.12 Å². The Labute approximate surface area is 210 Å². The van der Waals surface area contributed by atoms with E-state index >= 15 is 0 Å². The lowest BCUT2D eigenvalue weighted by Gasteiger charge is -2.49. The first-order valence-corrected chi connectivity index (χ1v) is 12.8. The highest BCUT2D eigenvalue weighted by Crippen LogP contribution is 2.45. The summed E-state index contributed by atoms with van der Waals surface area (Å²) in [5, 5.41) is 4.37. The fourth-order valence-corrected chi connectivity index (χ4v) is 6.11. The molecule has 1 aromatic heterocycles. The fraction of sp³-hybridized carbons (Fsp3) is 0.200. The van der Waals surface area contributed by atoms with Crippen molar-refractivity contribution in [1.29, 1.82) is 0 Å². The molecule has 176 valence electrons. The Kier molecular flexibility index (Phi) is 6.98. The Balaban J connectivity index is 1.69. The number of hydrogen-bond donors (Lipinski definition) is 0. The lowest BCUT2D eigenvalue weighted by Crippen LogP contribution is -2.52. The summed E-state index contributed by atoms with van der Waals surface area (Å²) >= 11 is 1.41. The molecule has 5 rings (SSSR count). The summed E-state index contributed by atoms with van der Waals surface area (Å²) < 4.78 is 5.09. The minimum absolute atomic E-state index is 0.112. The highest BCUT2D eigenvalue weighted by molar-refractivity contribution is 8.14. The lowest BCUT2D eigenvalue weighted by molar-refractivity contribution is -0.109. The smallest absolute Gasteiger partial charge is 0.186 e. The Morgan fingerprint density at radius 3 is 1.91 bits per heavy atom. The van der Waals surface area contributed by atoms with Crippen molar-refractivity contribution in [1.82, 2.24) is 10.1 Å². The molecule has 0 aliphatic carbocycles. The minimum Gasteiger partial charge on any atom is -0.364 e. The second kappa shape index (κ2) is 10.5. The molecule has 1 saturated heterocycles. The number of benzene rings is 3. The molecular formula is C30H28N2O2S. The number of carbonyl (C=O) groups is 1. The highest BCUT2D eigenvalue weighted by atomic mass is 32.2. The van der Waals surface area contributed by atoms with E-state index < -0.39 is 5.54 Å². The van der Waals surface area contributed by atoms with Crippen LogP contribution in [-0.4, -0.2) is 33.5 Å². The van der Waals surface area contributed by atoms with Gasteiger partial charge in [0, 0.05) is 31.3 Å². The zero-order valence-electron chi connectivity index (χ0n) is 19.7. The number of nitrogens with zero attached hydrogens (tertiary/aromatic N) is 2. The van der Waals surface area contributed by atoms with Crippen LogP contribution in [0.3, 0.4) is 0 Å². The number of piperidine rings is 1. The monoisotopic (exact) mass is 480 g/mol. The van der Waals surface area contributed by atoms with Crippen molar-refractivity contribution in [3.8, 4) is 0 Å². The van der Waals surface area contributed by atoms with Gasteiger partial charge in [0.1, 0.15) is 12.0 Å². The molecule has 4 aromatic rings. The highest BCUT2D eigenvalue weighted by Gasteiger charge is 2.44. The van der Waals surface area contributed by atoms with Crippen molar-refractivity contribution in [3.63, 3.8) is 0 Å². The van der Waals surface area contributed by atoms with E-state index in [1.54, 1.807) is 13.2 Å². The van der Waals surface area contributed by atoms with Gasteiger partial charge in [0.25, 0.3) is 0 Å². The predicted octanol–water partition coefficient (Wildman–Crippen LogP) is 6.40. The largest absolute Gasteiger partial charge is 0.364 e. The molecule has 0 bridgehead atoms. The Bertz CT molecular complexity index is 1180. The van der Waals surface area contributed by atoms with Gasteiger partial charge in [0.05, 0.1) is 5.54 Å². The van der Waals surface area contributed by atoms with Crippen molar-refractivity contribution < 1.29 is 9.32 Å². The van der Waals surface area contributed by atoms with E-state index in [2.05, 4.69) is 107 Å². The van der Waals surface area contributed by atoms with Crippen molar-refractivity contribution in [3.05, 3.63) is 131 Å². The van der Waals surface area contributed by atoms with Gasteiger partial charge < -0.3 is 4.52 Å². The third kappa shape index (κ3) is 4.75. The van der Waals surface area contributed by atoms with Gasteiger partial charge in [-0.1, -0.05) is 108 Å². The standard InChI is InChI=1S/C30H28N2O2S/c1-23(33)35-29-17-19-32(22-24(29)21-28-18-20-34-31-28)30(25-11-5-2-6-12-25,26-13-7-3-8-14-26)27-15-9-4-10-16-27/h2-16,18,20-21,29H,17,19,22H2,1H3/b24-21-. The normalized spacial score (nSPS) is 18.0. The van der Waals surface area contributed by atoms with E-state index in [4.69, 9.17) is 4.52 Å². The van der Waals surface area contributed by atoms with E-state index in [-0.39, 0.29) is 10.4 Å².